The van der Waals surface area contributed by atoms with Crippen molar-refractivity contribution < 1.29 is 27.4 Å². The molecule has 0 aliphatic heterocycles. The molecule has 1 aromatic heterocycles. The Bertz CT molecular complexity index is 674. The number of nitrogens with zero attached hydrogens (tertiary/aromatic N) is 2. The van der Waals surface area contributed by atoms with Crippen molar-refractivity contribution in [2.75, 3.05) is 18.5 Å². The van der Waals surface area contributed by atoms with Gasteiger partial charge in [-0.2, -0.15) is 13.2 Å². The number of hydrogen-bond acceptors (Lipinski definition) is 6. The van der Waals surface area contributed by atoms with Crippen molar-refractivity contribution in [3.8, 4) is 11.5 Å². The zero-order valence-corrected chi connectivity index (χ0v) is 13.4. The molecule has 0 saturated heterocycles. The highest BCUT2D eigenvalue weighted by molar-refractivity contribution is 7.15. The van der Waals surface area contributed by atoms with Crippen molar-refractivity contribution in [2.45, 2.75) is 19.5 Å². The van der Waals surface area contributed by atoms with Gasteiger partial charge in [-0.1, -0.05) is 18.3 Å². The van der Waals surface area contributed by atoms with Crippen molar-refractivity contribution >= 4 is 22.4 Å². The Morgan fingerprint density at radius 2 is 1.79 bits per heavy atom. The highest BCUT2D eigenvalue weighted by Gasteiger charge is 2.35. The van der Waals surface area contributed by atoms with E-state index in [1.807, 2.05) is 6.92 Å². The van der Waals surface area contributed by atoms with E-state index in [1.54, 1.807) is 24.3 Å². The molecule has 1 aromatic carbocycles. The molecule has 2 aromatic rings. The summed E-state index contributed by atoms with van der Waals surface area (Å²) in [5, 5.41) is 7.07. The van der Waals surface area contributed by atoms with Crippen LogP contribution in [0.15, 0.2) is 24.3 Å². The fourth-order valence-electron chi connectivity index (χ4n) is 1.54. The molecule has 0 unspecified atom stereocenters. The van der Waals surface area contributed by atoms with E-state index in [2.05, 4.69) is 15.5 Å². The normalized spacial score (nSPS) is 11.2. The summed E-state index contributed by atoms with van der Waals surface area (Å²) >= 11 is 0.248. The van der Waals surface area contributed by atoms with Crippen molar-refractivity contribution in [3.05, 3.63) is 29.3 Å². The zero-order valence-electron chi connectivity index (χ0n) is 12.6. The Kier molecular flexibility index (Phi) is 5.96. The highest BCUT2D eigenvalue weighted by atomic mass is 32.1. The number of aromatic nitrogens is 2. The number of carbonyl (C=O) groups is 1. The number of hydrogen-bond donors (Lipinski definition) is 1. The number of carbonyl (C=O) groups excluding carboxylic acids is 1. The van der Waals surface area contributed by atoms with Gasteiger partial charge in [-0.3, -0.25) is 10.1 Å². The number of rotatable bonds is 7. The molecule has 0 atom stereocenters. The molecule has 1 N–H and O–H groups in total. The Morgan fingerprint density at radius 3 is 2.33 bits per heavy atom. The van der Waals surface area contributed by atoms with Crippen LogP contribution in [-0.2, 0) is 11.0 Å². The molecule has 0 aliphatic carbocycles. The van der Waals surface area contributed by atoms with Crippen molar-refractivity contribution in [1.29, 1.82) is 0 Å². The predicted molar refractivity (Wildman–Crippen MR) is 81.3 cm³/mol. The second-order valence-electron chi connectivity index (χ2n) is 4.57. The maximum atomic E-state index is 12.4. The first kappa shape index (κ1) is 18.0. The van der Waals surface area contributed by atoms with E-state index in [0.717, 1.165) is 6.42 Å². The number of amides is 1. The zero-order chi connectivity index (χ0) is 17.6. The molecule has 130 valence electrons. The van der Waals surface area contributed by atoms with Crippen LogP contribution in [-0.4, -0.2) is 29.3 Å². The highest BCUT2D eigenvalue weighted by Crippen LogP contribution is 2.32. The summed E-state index contributed by atoms with van der Waals surface area (Å²) in [5.74, 6) is 0.482. The molecule has 1 amide bonds. The molecule has 0 aliphatic rings. The minimum absolute atomic E-state index is 0.237. The SMILES string of the molecule is CCCOc1ccc(OCC(=O)Nc2nnc(C(F)(F)F)s2)cc1. The van der Waals surface area contributed by atoms with Gasteiger partial charge in [-0.25, -0.2) is 0 Å². The number of benzene rings is 1. The molecule has 2 rings (SSSR count). The van der Waals surface area contributed by atoms with E-state index in [-0.39, 0.29) is 23.1 Å². The number of nitrogens with one attached hydrogen (secondary N) is 1. The molecule has 6 nitrogen and oxygen atoms in total. The molecule has 24 heavy (non-hydrogen) atoms. The van der Waals surface area contributed by atoms with E-state index in [9.17, 15) is 18.0 Å². The summed E-state index contributed by atoms with van der Waals surface area (Å²) in [6, 6.07) is 6.66. The number of anilines is 1. The summed E-state index contributed by atoms with van der Waals surface area (Å²) in [7, 11) is 0. The van der Waals surface area contributed by atoms with Crippen LogP contribution in [0.2, 0.25) is 0 Å². The molecule has 10 heteroatoms. The quantitative estimate of drug-likeness (QED) is 0.819. The van der Waals surface area contributed by atoms with Gasteiger partial charge in [0.25, 0.3) is 5.91 Å². The third-order valence-corrected chi connectivity index (χ3v) is 3.46. The van der Waals surface area contributed by atoms with Gasteiger partial charge in [-0.15, -0.1) is 10.2 Å². The lowest BCUT2D eigenvalue weighted by Gasteiger charge is -2.07. The average Bonchev–Trinajstić information content (AvgIpc) is 3.00. The largest absolute Gasteiger partial charge is 0.494 e. The molecular formula is C14H14F3N3O3S. The van der Waals surface area contributed by atoms with Crippen LogP contribution in [0.25, 0.3) is 0 Å². The van der Waals surface area contributed by atoms with Gasteiger partial charge in [0.05, 0.1) is 6.61 Å². The van der Waals surface area contributed by atoms with Crippen LogP contribution in [0.1, 0.15) is 18.4 Å². The van der Waals surface area contributed by atoms with E-state index in [0.29, 0.717) is 18.1 Å². The summed E-state index contributed by atoms with van der Waals surface area (Å²) in [6.45, 7) is 2.23. The van der Waals surface area contributed by atoms with Gasteiger partial charge in [0, 0.05) is 0 Å². The van der Waals surface area contributed by atoms with E-state index in [4.69, 9.17) is 9.47 Å². The molecule has 0 bridgehead atoms. The van der Waals surface area contributed by atoms with Gasteiger partial charge in [-0.05, 0) is 30.7 Å². The Morgan fingerprint density at radius 1 is 1.17 bits per heavy atom. The lowest BCUT2D eigenvalue weighted by Crippen LogP contribution is -2.20. The molecular weight excluding hydrogens is 347 g/mol. The standard InChI is InChI=1S/C14H14F3N3O3S/c1-2-7-22-9-3-5-10(6-4-9)23-8-11(21)18-13-20-19-12(24-13)14(15,16)17/h3-6H,2,7-8H2,1H3,(H,18,20,21). The van der Waals surface area contributed by atoms with E-state index in [1.165, 1.54) is 0 Å². The maximum absolute atomic E-state index is 12.4. The first-order chi connectivity index (χ1) is 11.4. The van der Waals surface area contributed by atoms with Gasteiger partial charge >= 0.3 is 6.18 Å². The second kappa shape index (κ2) is 7.95. The van der Waals surface area contributed by atoms with Crippen molar-refractivity contribution in [1.82, 2.24) is 10.2 Å². The Balaban J connectivity index is 1.81. The summed E-state index contributed by atoms with van der Waals surface area (Å²) in [4.78, 5) is 11.6. The van der Waals surface area contributed by atoms with Crippen LogP contribution in [0.4, 0.5) is 18.3 Å². The smallest absolute Gasteiger partial charge is 0.445 e. The van der Waals surface area contributed by atoms with Crippen LogP contribution in [0.5, 0.6) is 11.5 Å². The van der Waals surface area contributed by atoms with Gasteiger partial charge < -0.3 is 9.47 Å². The monoisotopic (exact) mass is 361 g/mol. The van der Waals surface area contributed by atoms with Crippen LogP contribution >= 0.6 is 11.3 Å². The fraction of sp³-hybridized carbons (Fsp3) is 0.357. The number of halogens is 3. The molecule has 0 fully saturated rings. The third kappa shape index (κ3) is 5.37. The molecule has 1 heterocycles. The van der Waals surface area contributed by atoms with Crippen LogP contribution in [0.3, 0.4) is 0 Å². The van der Waals surface area contributed by atoms with E-state index >= 15 is 0 Å². The minimum atomic E-state index is -4.58. The fourth-order valence-corrected chi connectivity index (χ4v) is 2.17. The summed E-state index contributed by atoms with van der Waals surface area (Å²) in [6.07, 6.45) is -3.70. The lowest BCUT2D eigenvalue weighted by atomic mass is 10.3. The van der Waals surface area contributed by atoms with E-state index < -0.39 is 17.1 Å². The molecule has 0 radical (unpaired) electrons. The minimum Gasteiger partial charge on any atom is -0.494 e. The van der Waals surface area contributed by atoms with Gasteiger partial charge in [0.1, 0.15) is 11.5 Å². The van der Waals surface area contributed by atoms with Gasteiger partial charge in [0.2, 0.25) is 10.1 Å². The third-order valence-electron chi connectivity index (χ3n) is 2.58. The Labute approximate surface area is 139 Å². The predicted octanol–water partition coefficient (Wildman–Crippen LogP) is 3.36. The first-order valence-electron chi connectivity index (χ1n) is 6.94. The van der Waals surface area contributed by atoms with Crippen molar-refractivity contribution in [2.24, 2.45) is 0 Å². The number of alkyl halides is 3. The first-order valence-corrected chi connectivity index (χ1v) is 7.76. The molecule has 0 saturated carbocycles. The topological polar surface area (TPSA) is 73.3 Å². The van der Waals surface area contributed by atoms with Crippen LogP contribution < -0.4 is 14.8 Å². The number of ether oxygens (including phenoxy) is 2. The Hall–Kier alpha value is -2.36. The second-order valence-corrected chi connectivity index (χ2v) is 5.54. The van der Waals surface area contributed by atoms with Crippen LogP contribution in [0, 0.1) is 0 Å². The van der Waals surface area contributed by atoms with Gasteiger partial charge in [0.15, 0.2) is 6.61 Å². The average molecular weight is 361 g/mol. The maximum Gasteiger partial charge on any atom is 0.445 e. The molecule has 0 spiro atoms. The lowest BCUT2D eigenvalue weighted by molar-refractivity contribution is -0.138. The van der Waals surface area contributed by atoms with Crippen molar-refractivity contribution in [3.63, 3.8) is 0 Å². The summed E-state index contributed by atoms with van der Waals surface area (Å²) in [5.41, 5.74) is 0. The summed E-state index contributed by atoms with van der Waals surface area (Å²) < 4.78 is 47.8.